The van der Waals surface area contributed by atoms with Crippen molar-refractivity contribution in [3.63, 3.8) is 0 Å². The number of halogens is 1. The number of carbonyl (C=O) groups excluding carboxylic acids is 1. The van der Waals surface area contributed by atoms with E-state index in [1.807, 2.05) is 54.6 Å². The molecule has 0 spiro atoms. The van der Waals surface area contributed by atoms with Gasteiger partial charge in [0, 0.05) is 10.7 Å². The number of amides is 1. The predicted octanol–water partition coefficient (Wildman–Crippen LogP) is 4.35. The standard InChI is InChI=1S/C16H14BrNO2/c17-15-8-6-13(7-9-15)10-11-18-16(19)20-12-14-4-2-1-3-5-14/h1-11H,12H2,(H,18,19). The highest BCUT2D eigenvalue weighted by Crippen LogP contribution is 2.11. The first-order valence-corrected chi connectivity index (χ1v) is 6.93. The molecule has 0 heterocycles. The van der Waals surface area contributed by atoms with Gasteiger partial charge >= 0.3 is 6.09 Å². The van der Waals surface area contributed by atoms with Crippen LogP contribution < -0.4 is 5.32 Å². The number of alkyl carbamates (subject to hydrolysis) is 1. The van der Waals surface area contributed by atoms with Crippen molar-refractivity contribution in [2.24, 2.45) is 0 Å². The molecule has 2 rings (SSSR count). The number of nitrogens with one attached hydrogen (secondary N) is 1. The Hall–Kier alpha value is -2.07. The van der Waals surface area contributed by atoms with E-state index in [1.165, 1.54) is 0 Å². The van der Waals surface area contributed by atoms with E-state index in [1.54, 1.807) is 12.3 Å². The first kappa shape index (κ1) is 14.3. The third-order valence-corrected chi connectivity index (χ3v) is 3.09. The summed E-state index contributed by atoms with van der Waals surface area (Å²) < 4.78 is 6.09. The predicted molar refractivity (Wildman–Crippen MR) is 82.9 cm³/mol. The van der Waals surface area contributed by atoms with Gasteiger partial charge in [-0.25, -0.2) is 4.79 Å². The average Bonchev–Trinajstić information content (AvgIpc) is 2.48. The number of hydrogen-bond donors (Lipinski definition) is 1. The molecular weight excluding hydrogens is 318 g/mol. The Morgan fingerprint density at radius 1 is 1.10 bits per heavy atom. The number of carbonyl (C=O) groups is 1. The molecule has 20 heavy (non-hydrogen) atoms. The SMILES string of the molecule is O=C(NC=Cc1ccc(Br)cc1)OCc1ccccc1. The monoisotopic (exact) mass is 331 g/mol. The first-order valence-electron chi connectivity index (χ1n) is 6.13. The molecule has 0 bridgehead atoms. The zero-order valence-corrected chi connectivity index (χ0v) is 12.3. The Morgan fingerprint density at radius 2 is 1.80 bits per heavy atom. The molecule has 0 radical (unpaired) electrons. The van der Waals surface area contributed by atoms with Gasteiger partial charge in [0.1, 0.15) is 6.61 Å². The summed E-state index contributed by atoms with van der Waals surface area (Å²) in [6.07, 6.45) is 2.90. The van der Waals surface area contributed by atoms with E-state index in [2.05, 4.69) is 21.2 Å². The quantitative estimate of drug-likeness (QED) is 0.904. The van der Waals surface area contributed by atoms with E-state index < -0.39 is 6.09 Å². The zero-order valence-electron chi connectivity index (χ0n) is 10.8. The molecule has 0 fully saturated rings. The van der Waals surface area contributed by atoms with E-state index in [0.29, 0.717) is 0 Å². The highest BCUT2D eigenvalue weighted by molar-refractivity contribution is 9.10. The van der Waals surface area contributed by atoms with Crippen LogP contribution in [0.2, 0.25) is 0 Å². The van der Waals surface area contributed by atoms with Gasteiger partial charge in [-0.2, -0.15) is 0 Å². The van der Waals surface area contributed by atoms with E-state index in [0.717, 1.165) is 15.6 Å². The summed E-state index contributed by atoms with van der Waals surface area (Å²) in [6, 6.07) is 17.3. The summed E-state index contributed by atoms with van der Waals surface area (Å²) >= 11 is 3.37. The molecule has 3 nitrogen and oxygen atoms in total. The van der Waals surface area contributed by atoms with Crippen molar-refractivity contribution in [3.05, 3.63) is 76.4 Å². The van der Waals surface area contributed by atoms with Crippen LogP contribution in [0.1, 0.15) is 11.1 Å². The molecule has 2 aromatic rings. The Bertz CT molecular complexity index is 579. The van der Waals surface area contributed by atoms with Gasteiger partial charge in [-0.15, -0.1) is 0 Å². The highest BCUT2D eigenvalue weighted by atomic mass is 79.9. The van der Waals surface area contributed by atoms with Crippen LogP contribution >= 0.6 is 15.9 Å². The van der Waals surface area contributed by atoms with Crippen LogP contribution in [0.5, 0.6) is 0 Å². The van der Waals surface area contributed by atoms with Gasteiger partial charge in [-0.1, -0.05) is 58.4 Å². The molecule has 0 unspecified atom stereocenters. The molecule has 0 aliphatic rings. The van der Waals surface area contributed by atoms with Crippen LogP contribution in [-0.4, -0.2) is 6.09 Å². The lowest BCUT2D eigenvalue weighted by Gasteiger charge is -2.03. The van der Waals surface area contributed by atoms with Crippen molar-refractivity contribution < 1.29 is 9.53 Å². The minimum atomic E-state index is -0.470. The molecule has 0 aromatic heterocycles. The second-order valence-electron chi connectivity index (χ2n) is 4.09. The maximum Gasteiger partial charge on any atom is 0.411 e. The molecule has 0 saturated heterocycles. The smallest absolute Gasteiger partial charge is 0.411 e. The van der Waals surface area contributed by atoms with Crippen LogP contribution in [-0.2, 0) is 11.3 Å². The molecule has 102 valence electrons. The molecule has 2 aromatic carbocycles. The van der Waals surface area contributed by atoms with Crippen molar-refractivity contribution >= 4 is 28.1 Å². The summed E-state index contributed by atoms with van der Waals surface area (Å²) in [5, 5.41) is 2.56. The van der Waals surface area contributed by atoms with E-state index >= 15 is 0 Å². The summed E-state index contributed by atoms with van der Waals surface area (Å²) in [5.74, 6) is 0. The van der Waals surface area contributed by atoms with Crippen molar-refractivity contribution in [1.29, 1.82) is 0 Å². The lowest BCUT2D eigenvalue weighted by atomic mass is 10.2. The van der Waals surface area contributed by atoms with Gasteiger partial charge in [0.2, 0.25) is 0 Å². The number of ether oxygens (including phenoxy) is 1. The topological polar surface area (TPSA) is 38.3 Å². The maximum absolute atomic E-state index is 11.5. The van der Waals surface area contributed by atoms with Crippen molar-refractivity contribution in [3.8, 4) is 0 Å². The molecule has 0 aliphatic carbocycles. The number of hydrogen-bond acceptors (Lipinski definition) is 2. The third-order valence-electron chi connectivity index (χ3n) is 2.56. The van der Waals surface area contributed by atoms with Crippen LogP contribution in [0, 0.1) is 0 Å². The van der Waals surface area contributed by atoms with E-state index in [-0.39, 0.29) is 6.61 Å². The molecule has 0 saturated carbocycles. The van der Waals surface area contributed by atoms with Gasteiger partial charge in [-0.3, -0.25) is 5.32 Å². The van der Waals surface area contributed by atoms with E-state index in [9.17, 15) is 4.79 Å². The second kappa shape index (κ2) is 7.50. The van der Waals surface area contributed by atoms with Gasteiger partial charge in [-0.05, 0) is 29.3 Å². The van der Waals surface area contributed by atoms with Crippen molar-refractivity contribution in [1.82, 2.24) is 5.32 Å². The Balaban J connectivity index is 1.76. The summed E-state index contributed by atoms with van der Waals surface area (Å²) in [4.78, 5) is 11.5. The van der Waals surface area contributed by atoms with Gasteiger partial charge < -0.3 is 4.74 Å². The van der Waals surface area contributed by atoms with Crippen molar-refractivity contribution in [2.45, 2.75) is 6.61 Å². The van der Waals surface area contributed by atoms with Crippen LogP contribution in [0.3, 0.4) is 0 Å². The lowest BCUT2D eigenvalue weighted by molar-refractivity contribution is 0.143. The average molecular weight is 332 g/mol. The maximum atomic E-state index is 11.5. The number of rotatable bonds is 4. The number of benzene rings is 2. The Morgan fingerprint density at radius 3 is 2.50 bits per heavy atom. The normalized spacial score (nSPS) is 10.4. The molecule has 4 heteroatoms. The second-order valence-corrected chi connectivity index (χ2v) is 5.01. The van der Waals surface area contributed by atoms with E-state index in [4.69, 9.17) is 4.74 Å². The molecular formula is C16H14BrNO2. The lowest BCUT2D eigenvalue weighted by Crippen LogP contribution is -2.18. The fourth-order valence-corrected chi connectivity index (χ4v) is 1.81. The first-order chi connectivity index (χ1) is 9.74. The summed E-state index contributed by atoms with van der Waals surface area (Å²) in [5.41, 5.74) is 1.95. The third kappa shape index (κ3) is 4.90. The summed E-state index contributed by atoms with van der Waals surface area (Å²) in [6.45, 7) is 0.263. The summed E-state index contributed by atoms with van der Waals surface area (Å²) in [7, 11) is 0. The molecule has 1 amide bonds. The van der Waals surface area contributed by atoms with Crippen LogP contribution in [0.4, 0.5) is 4.79 Å². The Labute approximate surface area is 126 Å². The van der Waals surface area contributed by atoms with Gasteiger partial charge in [0.25, 0.3) is 0 Å². The zero-order chi connectivity index (χ0) is 14.2. The minimum Gasteiger partial charge on any atom is -0.444 e. The fraction of sp³-hybridized carbons (Fsp3) is 0.0625. The Kier molecular flexibility index (Phi) is 5.38. The van der Waals surface area contributed by atoms with Crippen LogP contribution in [0.15, 0.2) is 65.3 Å². The fourth-order valence-electron chi connectivity index (χ4n) is 1.54. The van der Waals surface area contributed by atoms with Crippen LogP contribution in [0.25, 0.3) is 6.08 Å². The van der Waals surface area contributed by atoms with Crippen molar-refractivity contribution in [2.75, 3.05) is 0 Å². The minimum absolute atomic E-state index is 0.263. The molecule has 1 N–H and O–H groups in total. The van der Waals surface area contributed by atoms with Gasteiger partial charge in [0.15, 0.2) is 0 Å². The van der Waals surface area contributed by atoms with Gasteiger partial charge in [0.05, 0.1) is 0 Å². The highest BCUT2D eigenvalue weighted by Gasteiger charge is 1.99. The largest absolute Gasteiger partial charge is 0.444 e. The molecule has 0 aliphatic heterocycles. The molecule has 0 atom stereocenters.